The van der Waals surface area contributed by atoms with E-state index in [2.05, 4.69) is 16.0 Å². The number of carboxylic acid groups (broad SMARTS) is 1. The van der Waals surface area contributed by atoms with Gasteiger partial charge in [-0.3, -0.25) is 14.4 Å². The van der Waals surface area contributed by atoms with E-state index in [1.54, 1.807) is 30.3 Å². The number of nitrogens with one attached hydrogen (secondary N) is 3. The van der Waals surface area contributed by atoms with Crippen LogP contribution in [-0.4, -0.2) is 71.7 Å². The number of aliphatic hydroxyl groups is 1. The van der Waals surface area contributed by atoms with Crippen LogP contribution in [0.15, 0.2) is 30.3 Å². The SMILES string of the molecule is NCCCCC(NC(=O)C(CO)NC(=O)C(Cc1ccccc1)NC(=O)CN)C(=O)O. The summed E-state index contributed by atoms with van der Waals surface area (Å²) in [5, 5.41) is 26.0. The Balaban J connectivity index is 2.83. The van der Waals surface area contributed by atoms with Crippen LogP contribution < -0.4 is 27.4 Å². The molecule has 11 nitrogen and oxygen atoms in total. The molecular formula is C20H31N5O6. The third kappa shape index (κ3) is 9.55. The Kier molecular flexibility index (Phi) is 11.8. The highest BCUT2D eigenvalue weighted by atomic mass is 16.4. The van der Waals surface area contributed by atoms with Gasteiger partial charge in [-0.25, -0.2) is 4.79 Å². The van der Waals surface area contributed by atoms with E-state index in [1.165, 1.54) is 0 Å². The Hall–Kier alpha value is -3.02. The van der Waals surface area contributed by atoms with Gasteiger partial charge in [-0.2, -0.15) is 0 Å². The van der Waals surface area contributed by atoms with E-state index < -0.39 is 48.4 Å². The average molecular weight is 437 g/mol. The molecule has 0 radical (unpaired) electrons. The first-order chi connectivity index (χ1) is 14.8. The van der Waals surface area contributed by atoms with Gasteiger partial charge in [0.15, 0.2) is 0 Å². The van der Waals surface area contributed by atoms with E-state index in [0.717, 1.165) is 5.56 Å². The molecule has 11 heteroatoms. The van der Waals surface area contributed by atoms with Crippen LogP contribution in [-0.2, 0) is 25.6 Å². The fourth-order valence-electron chi connectivity index (χ4n) is 2.80. The smallest absolute Gasteiger partial charge is 0.326 e. The molecule has 0 heterocycles. The highest BCUT2D eigenvalue weighted by molar-refractivity contribution is 5.93. The minimum absolute atomic E-state index is 0.134. The fourth-order valence-corrected chi connectivity index (χ4v) is 2.80. The number of aliphatic hydroxyl groups excluding tert-OH is 1. The lowest BCUT2D eigenvalue weighted by atomic mass is 10.0. The molecule has 0 aliphatic heterocycles. The third-order valence-electron chi connectivity index (χ3n) is 4.50. The summed E-state index contributed by atoms with van der Waals surface area (Å²) < 4.78 is 0. The molecule has 0 aliphatic rings. The molecule has 3 amide bonds. The molecular weight excluding hydrogens is 406 g/mol. The largest absolute Gasteiger partial charge is 0.480 e. The standard InChI is InChI=1S/C20H31N5O6/c21-9-5-4-8-14(20(30)31)24-19(29)16(12-26)25-18(28)15(23-17(27)11-22)10-13-6-2-1-3-7-13/h1-3,6-7,14-16,26H,4-5,8-12,21-22H2,(H,23,27)(H,24,29)(H,25,28)(H,30,31). The molecule has 31 heavy (non-hydrogen) atoms. The first kappa shape index (κ1) is 26.0. The number of carbonyl (C=O) groups is 4. The summed E-state index contributed by atoms with van der Waals surface area (Å²) in [4.78, 5) is 48.3. The number of hydrogen-bond donors (Lipinski definition) is 7. The zero-order chi connectivity index (χ0) is 23.2. The Morgan fingerprint density at radius 1 is 0.871 bits per heavy atom. The van der Waals surface area contributed by atoms with Crippen LogP contribution in [0.2, 0.25) is 0 Å². The Labute approximate surface area is 180 Å². The van der Waals surface area contributed by atoms with Crippen molar-refractivity contribution in [2.45, 2.75) is 43.8 Å². The van der Waals surface area contributed by atoms with E-state index in [1.807, 2.05) is 0 Å². The highest BCUT2D eigenvalue weighted by Gasteiger charge is 2.29. The van der Waals surface area contributed by atoms with Gasteiger partial charge >= 0.3 is 5.97 Å². The van der Waals surface area contributed by atoms with E-state index in [4.69, 9.17) is 11.5 Å². The van der Waals surface area contributed by atoms with Crippen LogP contribution in [0.25, 0.3) is 0 Å². The Bertz CT molecular complexity index is 730. The monoisotopic (exact) mass is 437 g/mol. The number of nitrogens with two attached hydrogens (primary N) is 2. The van der Waals surface area contributed by atoms with Gasteiger partial charge in [0.1, 0.15) is 18.1 Å². The predicted octanol–water partition coefficient (Wildman–Crippen LogP) is -2.15. The van der Waals surface area contributed by atoms with E-state index in [9.17, 15) is 29.4 Å². The predicted molar refractivity (Wildman–Crippen MR) is 113 cm³/mol. The maximum Gasteiger partial charge on any atom is 0.326 e. The number of rotatable bonds is 14. The minimum Gasteiger partial charge on any atom is -0.480 e. The van der Waals surface area contributed by atoms with Crippen molar-refractivity contribution in [1.29, 1.82) is 0 Å². The van der Waals surface area contributed by atoms with Crippen molar-refractivity contribution in [1.82, 2.24) is 16.0 Å². The van der Waals surface area contributed by atoms with Crippen molar-refractivity contribution in [3.63, 3.8) is 0 Å². The number of carboxylic acids is 1. The van der Waals surface area contributed by atoms with Crippen LogP contribution in [0.5, 0.6) is 0 Å². The second kappa shape index (κ2) is 14.1. The molecule has 0 saturated carbocycles. The number of benzene rings is 1. The number of aliphatic carboxylic acids is 1. The maximum atomic E-state index is 12.7. The van der Waals surface area contributed by atoms with E-state index in [0.29, 0.717) is 19.4 Å². The summed E-state index contributed by atoms with van der Waals surface area (Å²) in [6, 6.07) is 5.27. The molecule has 0 bridgehead atoms. The summed E-state index contributed by atoms with van der Waals surface area (Å²) in [5.41, 5.74) is 11.5. The summed E-state index contributed by atoms with van der Waals surface area (Å²) in [6.45, 7) is -0.686. The van der Waals surface area contributed by atoms with Crippen LogP contribution >= 0.6 is 0 Å². The van der Waals surface area contributed by atoms with Gasteiger partial charge in [0, 0.05) is 6.42 Å². The summed E-state index contributed by atoms with van der Waals surface area (Å²) in [5.74, 6) is -3.35. The van der Waals surface area contributed by atoms with Crippen LogP contribution in [0.1, 0.15) is 24.8 Å². The first-order valence-electron chi connectivity index (χ1n) is 10.00. The number of unbranched alkanes of at least 4 members (excludes halogenated alkanes) is 1. The van der Waals surface area contributed by atoms with Crippen LogP contribution in [0, 0.1) is 0 Å². The van der Waals surface area contributed by atoms with Gasteiger partial charge in [-0.15, -0.1) is 0 Å². The number of amides is 3. The molecule has 1 rings (SSSR count). The molecule has 0 fully saturated rings. The zero-order valence-corrected chi connectivity index (χ0v) is 17.3. The van der Waals surface area contributed by atoms with Crippen molar-refractivity contribution >= 4 is 23.7 Å². The van der Waals surface area contributed by atoms with Gasteiger partial charge in [-0.05, 0) is 31.4 Å². The summed E-state index contributed by atoms with van der Waals surface area (Å²) >= 11 is 0. The second-order valence-electron chi connectivity index (χ2n) is 6.94. The van der Waals surface area contributed by atoms with Gasteiger partial charge < -0.3 is 37.6 Å². The average Bonchev–Trinajstić information content (AvgIpc) is 2.76. The van der Waals surface area contributed by atoms with Crippen LogP contribution in [0.4, 0.5) is 0 Å². The van der Waals surface area contributed by atoms with Gasteiger partial charge in [0.2, 0.25) is 17.7 Å². The lowest BCUT2D eigenvalue weighted by molar-refractivity contribution is -0.142. The van der Waals surface area contributed by atoms with E-state index in [-0.39, 0.29) is 19.4 Å². The normalized spacial score (nSPS) is 13.5. The molecule has 0 saturated heterocycles. The van der Waals surface area contributed by atoms with Gasteiger partial charge in [0.05, 0.1) is 13.2 Å². The lowest BCUT2D eigenvalue weighted by Crippen LogP contribution is -2.57. The molecule has 9 N–H and O–H groups in total. The molecule has 0 aliphatic carbocycles. The second-order valence-corrected chi connectivity index (χ2v) is 6.94. The molecule has 172 valence electrons. The number of hydrogen-bond acceptors (Lipinski definition) is 7. The summed E-state index contributed by atoms with van der Waals surface area (Å²) in [6.07, 6.45) is 1.39. The lowest BCUT2D eigenvalue weighted by Gasteiger charge is -2.23. The summed E-state index contributed by atoms with van der Waals surface area (Å²) in [7, 11) is 0. The van der Waals surface area contributed by atoms with Gasteiger partial charge in [-0.1, -0.05) is 30.3 Å². The molecule has 3 atom stereocenters. The van der Waals surface area contributed by atoms with Crippen molar-refractivity contribution in [2.24, 2.45) is 11.5 Å². The van der Waals surface area contributed by atoms with Crippen LogP contribution in [0.3, 0.4) is 0 Å². The van der Waals surface area contributed by atoms with Gasteiger partial charge in [0.25, 0.3) is 0 Å². The molecule has 0 spiro atoms. The quantitative estimate of drug-likeness (QED) is 0.160. The van der Waals surface area contributed by atoms with Crippen molar-refractivity contribution in [3.8, 4) is 0 Å². The fraction of sp³-hybridized carbons (Fsp3) is 0.500. The number of carbonyl (C=O) groups excluding carboxylic acids is 3. The molecule has 3 unspecified atom stereocenters. The first-order valence-corrected chi connectivity index (χ1v) is 10.00. The Morgan fingerprint density at radius 2 is 1.48 bits per heavy atom. The maximum absolute atomic E-state index is 12.7. The van der Waals surface area contributed by atoms with E-state index >= 15 is 0 Å². The Morgan fingerprint density at radius 3 is 2.03 bits per heavy atom. The highest BCUT2D eigenvalue weighted by Crippen LogP contribution is 2.05. The van der Waals surface area contributed by atoms with Crippen molar-refractivity contribution in [3.05, 3.63) is 35.9 Å². The molecule has 1 aromatic carbocycles. The minimum atomic E-state index is -1.39. The topological polar surface area (TPSA) is 197 Å². The third-order valence-corrected chi connectivity index (χ3v) is 4.50. The zero-order valence-electron chi connectivity index (χ0n) is 17.3. The molecule has 0 aromatic heterocycles. The van der Waals surface area contributed by atoms with Crippen molar-refractivity contribution < 1.29 is 29.4 Å². The molecule has 1 aromatic rings. The van der Waals surface area contributed by atoms with Crippen molar-refractivity contribution in [2.75, 3.05) is 19.7 Å².